The topological polar surface area (TPSA) is 64.9 Å². The maximum absolute atomic E-state index is 12.2. The lowest BCUT2D eigenvalue weighted by Gasteiger charge is -2.05. The van der Waals surface area contributed by atoms with Crippen molar-refractivity contribution in [3.63, 3.8) is 0 Å². The Hall–Kier alpha value is -1.89. The molecule has 0 saturated carbocycles. The fourth-order valence-corrected chi connectivity index (χ4v) is 1.28. The SMILES string of the molecule is NC(c1ccccc1)c1nc(C(F)(F)F)no1. The Kier molecular flexibility index (Phi) is 2.84. The Morgan fingerprint density at radius 3 is 2.35 bits per heavy atom. The minimum atomic E-state index is -4.63. The van der Waals surface area contributed by atoms with E-state index in [9.17, 15) is 13.2 Å². The van der Waals surface area contributed by atoms with Gasteiger partial charge in [0.1, 0.15) is 6.04 Å². The normalized spacial score (nSPS) is 13.6. The van der Waals surface area contributed by atoms with E-state index >= 15 is 0 Å². The van der Waals surface area contributed by atoms with Crippen LogP contribution in [0.4, 0.5) is 13.2 Å². The van der Waals surface area contributed by atoms with Crippen LogP contribution >= 0.6 is 0 Å². The first-order valence-electron chi connectivity index (χ1n) is 4.70. The number of rotatable bonds is 2. The maximum atomic E-state index is 12.2. The van der Waals surface area contributed by atoms with Crippen molar-refractivity contribution in [1.82, 2.24) is 10.1 Å². The van der Waals surface area contributed by atoms with E-state index in [2.05, 4.69) is 14.7 Å². The summed E-state index contributed by atoms with van der Waals surface area (Å²) in [5.74, 6) is -1.58. The van der Waals surface area contributed by atoms with Gasteiger partial charge in [0.25, 0.3) is 5.82 Å². The molecule has 0 saturated heterocycles. The molecule has 1 heterocycles. The summed E-state index contributed by atoms with van der Waals surface area (Å²) in [5.41, 5.74) is 6.31. The van der Waals surface area contributed by atoms with Crippen LogP contribution in [0.25, 0.3) is 0 Å². The molecule has 1 atom stereocenters. The molecule has 1 aromatic heterocycles. The monoisotopic (exact) mass is 243 g/mol. The Labute approximate surface area is 94.2 Å². The molecule has 1 aromatic carbocycles. The smallest absolute Gasteiger partial charge is 0.337 e. The molecule has 0 aliphatic heterocycles. The molecule has 90 valence electrons. The van der Waals surface area contributed by atoms with E-state index in [0.29, 0.717) is 5.56 Å². The van der Waals surface area contributed by atoms with Crippen LogP contribution < -0.4 is 5.73 Å². The molecule has 0 aliphatic carbocycles. The summed E-state index contributed by atoms with van der Waals surface area (Å²) < 4.78 is 41.2. The van der Waals surface area contributed by atoms with Crippen molar-refractivity contribution in [1.29, 1.82) is 0 Å². The average Bonchev–Trinajstić information content (AvgIpc) is 2.78. The molecule has 7 heteroatoms. The molecular formula is C10H8F3N3O. The zero-order valence-corrected chi connectivity index (χ0v) is 8.48. The Morgan fingerprint density at radius 1 is 1.18 bits per heavy atom. The quantitative estimate of drug-likeness (QED) is 0.877. The number of nitrogens with two attached hydrogens (primary N) is 1. The van der Waals surface area contributed by atoms with Gasteiger partial charge in [0, 0.05) is 0 Å². The molecule has 17 heavy (non-hydrogen) atoms. The van der Waals surface area contributed by atoms with Crippen molar-refractivity contribution < 1.29 is 17.7 Å². The van der Waals surface area contributed by atoms with Gasteiger partial charge in [-0.25, -0.2) is 0 Å². The van der Waals surface area contributed by atoms with Crippen molar-refractivity contribution >= 4 is 0 Å². The van der Waals surface area contributed by atoms with Gasteiger partial charge in [0.2, 0.25) is 5.89 Å². The number of halogens is 3. The Bertz CT molecular complexity index is 495. The summed E-state index contributed by atoms with van der Waals surface area (Å²) in [6.07, 6.45) is -4.63. The Balaban J connectivity index is 2.27. The van der Waals surface area contributed by atoms with Crippen LogP contribution in [0.3, 0.4) is 0 Å². The second-order valence-electron chi connectivity index (χ2n) is 3.34. The largest absolute Gasteiger partial charge is 0.455 e. The van der Waals surface area contributed by atoms with Gasteiger partial charge in [-0.3, -0.25) is 0 Å². The zero-order valence-electron chi connectivity index (χ0n) is 8.48. The van der Waals surface area contributed by atoms with Gasteiger partial charge in [-0.15, -0.1) is 0 Å². The van der Waals surface area contributed by atoms with Gasteiger partial charge in [0.15, 0.2) is 0 Å². The average molecular weight is 243 g/mol. The van der Waals surface area contributed by atoms with Gasteiger partial charge < -0.3 is 10.3 Å². The van der Waals surface area contributed by atoms with E-state index in [1.807, 2.05) is 0 Å². The molecule has 0 aliphatic rings. The van der Waals surface area contributed by atoms with E-state index in [-0.39, 0.29) is 5.89 Å². The van der Waals surface area contributed by atoms with Crippen LogP contribution in [-0.4, -0.2) is 10.1 Å². The van der Waals surface area contributed by atoms with Crippen molar-refractivity contribution in [2.24, 2.45) is 5.73 Å². The van der Waals surface area contributed by atoms with Crippen LogP contribution in [0.15, 0.2) is 34.9 Å². The van der Waals surface area contributed by atoms with E-state index in [1.165, 1.54) is 0 Å². The summed E-state index contributed by atoms with van der Waals surface area (Å²) in [5, 5.41) is 2.84. The minimum absolute atomic E-state index is 0.261. The first-order valence-corrected chi connectivity index (χ1v) is 4.70. The number of hydrogen-bond acceptors (Lipinski definition) is 4. The summed E-state index contributed by atoms with van der Waals surface area (Å²) in [6.45, 7) is 0. The summed E-state index contributed by atoms with van der Waals surface area (Å²) in [6, 6.07) is 7.68. The molecule has 4 nitrogen and oxygen atoms in total. The molecule has 0 radical (unpaired) electrons. The van der Waals surface area contributed by atoms with E-state index < -0.39 is 18.0 Å². The second-order valence-corrected chi connectivity index (χ2v) is 3.34. The van der Waals surface area contributed by atoms with Crippen LogP contribution in [0.2, 0.25) is 0 Å². The van der Waals surface area contributed by atoms with Crippen LogP contribution in [0, 0.1) is 0 Å². The molecule has 2 rings (SSSR count). The van der Waals surface area contributed by atoms with Crippen molar-refractivity contribution in [3.05, 3.63) is 47.6 Å². The van der Waals surface area contributed by atoms with Crippen molar-refractivity contribution in [3.8, 4) is 0 Å². The number of nitrogens with zero attached hydrogens (tertiary/aromatic N) is 2. The molecule has 0 fully saturated rings. The standard InChI is InChI=1S/C10H8F3N3O/c11-10(12,13)9-15-8(17-16-9)7(14)6-4-2-1-3-5-6/h1-5,7H,14H2. The first kappa shape index (κ1) is 11.6. The third-order valence-corrected chi connectivity index (χ3v) is 2.12. The number of benzene rings is 1. The van der Waals surface area contributed by atoms with E-state index in [0.717, 1.165) is 0 Å². The van der Waals surface area contributed by atoms with E-state index in [4.69, 9.17) is 5.73 Å². The molecule has 0 bridgehead atoms. The third kappa shape index (κ3) is 2.44. The third-order valence-electron chi connectivity index (χ3n) is 2.12. The highest BCUT2D eigenvalue weighted by atomic mass is 19.4. The zero-order chi connectivity index (χ0) is 12.5. The van der Waals surface area contributed by atoms with Gasteiger partial charge in [-0.2, -0.15) is 18.2 Å². The predicted molar refractivity (Wildman–Crippen MR) is 51.8 cm³/mol. The highest BCUT2D eigenvalue weighted by molar-refractivity contribution is 5.23. The fraction of sp³-hybridized carbons (Fsp3) is 0.200. The van der Waals surface area contributed by atoms with Crippen LogP contribution in [0.1, 0.15) is 23.3 Å². The summed E-state index contributed by atoms with van der Waals surface area (Å²) in [7, 11) is 0. The molecular weight excluding hydrogens is 235 g/mol. The predicted octanol–water partition coefficient (Wildman–Crippen LogP) is 2.14. The van der Waals surface area contributed by atoms with Crippen molar-refractivity contribution in [2.75, 3.05) is 0 Å². The molecule has 2 N–H and O–H groups in total. The van der Waals surface area contributed by atoms with Crippen LogP contribution in [0.5, 0.6) is 0 Å². The molecule has 2 aromatic rings. The highest BCUT2D eigenvalue weighted by Gasteiger charge is 2.37. The van der Waals surface area contributed by atoms with Crippen LogP contribution in [-0.2, 0) is 6.18 Å². The lowest BCUT2D eigenvalue weighted by Crippen LogP contribution is -2.13. The van der Waals surface area contributed by atoms with Gasteiger partial charge >= 0.3 is 6.18 Å². The molecule has 0 spiro atoms. The second kappa shape index (κ2) is 4.17. The van der Waals surface area contributed by atoms with Crippen molar-refractivity contribution in [2.45, 2.75) is 12.2 Å². The minimum Gasteiger partial charge on any atom is -0.337 e. The number of alkyl halides is 3. The molecule has 0 amide bonds. The molecule has 1 unspecified atom stereocenters. The van der Waals surface area contributed by atoms with Gasteiger partial charge in [-0.05, 0) is 5.56 Å². The Morgan fingerprint density at radius 2 is 1.82 bits per heavy atom. The fourth-order valence-electron chi connectivity index (χ4n) is 1.28. The van der Waals surface area contributed by atoms with E-state index in [1.54, 1.807) is 30.3 Å². The lowest BCUT2D eigenvalue weighted by atomic mass is 10.1. The summed E-state index contributed by atoms with van der Waals surface area (Å²) in [4.78, 5) is 3.23. The lowest BCUT2D eigenvalue weighted by molar-refractivity contribution is -0.146. The highest BCUT2D eigenvalue weighted by Crippen LogP contribution is 2.28. The van der Waals surface area contributed by atoms with Gasteiger partial charge in [0.05, 0.1) is 0 Å². The first-order chi connectivity index (χ1) is 7.98. The summed E-state index contributed by atoms with van der Waals surface area (Å²) >= 11 is 0. The van der Waals surface area contributed by atoms with Gasteiger partial charge in [-0.1, -0.05) is 35.5 Å². The number of hydrogen-bond donors (Lipinski definition) is 1. The maximum Gasteiger partial charge on any atom is 0.455 e. The number of aromatic nitrogens is 2.